The first-order valence-electron chi connectivity index (χ1n) is 10.8. The number of halogens is 2. The van der Waals surface area contributed by atoms with E-state index in [1.807, 2.05) is 71.6 Å². The zero-order chi connectivity index (χ0) is 24.5. The fourth-order valence-electron chi connectivity index (χ4n) is 4.18. The van der Waals surface area contributed by atoms with Gasteiger partial charge in [-0.3, -0.25) is 9.78 Å². The summed E-state index contributed by atoms with van der Waals surface area (Å²) >= 11 is 18.4. The third-order valence-corrected chi connectivity index (χ3v) is 6.83. The van der Waals surface area contributed by atoms with E-state index in [0.29, 0.717) is 37.9 Å². The maximum Gasteiger partial charge on any atom is 0.221 e. The number of hydrogen-bond donors (Lipinski definition) is 2. The van der Waals surface area contributed by atoms with Gasteiger partial charge in [-0.25, -0.2) is 0 Å². The van der Waals surface area contributed by atoms with Crippen LogP contribution < -0.4 is 15.5 Å². The molecule has 2 atom stereocenters. The van der Waals surface area contributed by atoms with Crippen molar-refractivity contribution in [3.63, 3.8) is 0 Å². The third kappa shape index (κ3) is 4.62. The molecule has 176 valence electrons. The van der Waals surface area contributed by atoms with Gasteiger partial charge < -0.3 is 20.0 Å². The Hall–Kier alpha value is -3.39. The SMILES string of the molecule is CC(=O)Nc1ccc(N2C(=S)NC(c3ccccn3)C2c2ccc(-c3cccc(Cl)c3Cl)o2)cc1. The maximum atomic E-state index is 11.4. The number of hydrogen-bond acceptors (Lipinski definition) is 4. The Morgan fingerprint density at radius 1 is 1.06 bits per heavy atom. The fourth-order valence-corrected chi connectivity index (χ4v) is 4.92. The predicted molar refractivity (Wildman–Crippen MR) is 143 cm³/mol. The van der Waals surface area contributed by atoms with Crippen LogP contribution in [0.4, 0.5) is 11.4 Å². The molecule has 35 heavy (non-hydrogen) atoms. The molecular formula is C26H20Cl2N4O2S. The van der Waals surface area contributed by atoms with Gasteiger partial charge in [-0.2, -0.15) is 0 Å². The number of carbonyl (C=O) groups excluding carboxylic acids is 1. The topological polar surface area (TPSA) is 70.4 Å². The highest BCUT2D eigenvalue weighted by Crippen LogP contribution is 2.44. The lowest BCUT2D eigenvalue weighted by Gasteiger charge is -2.26. The first-order chi connectivity index (χ1) is 16.9. The van der Waals surface area contributed by atoms with Crippen LogP contribution in [0.25, 0.3) is 11.3 Å². The quantitative estimate of drug-likeness (QED) is 0.281. The van der Waals surface area contributed by atoms with Gasteiger partial charge in [0, 0.05) is 30.1 Å². The van der Waals surface area contributed by atoms with Crippen molar-refractivity contribution in [3.8, 4) is 11.3 Å². The summed E-state index contributed by atoms with van der Waals surface area (Å²) in [5, 5.41) is 7.61. The molecule has 0 aliphatic carbocycles. The van der Waals surface area contributed by atoms with Crippen LogP contribution in [0.5, 0.6) is 0 Å². The minimum atomic E-state index is -0.323. The van der Waals surface area contributed by atoms with Gasteiger partial charge in [0.15, 0.2) is 5.11 Å². The Bertz CT molecular complexity index is 1390. The van der Waals surface area contributed by atoms with Crippen LogP contribution in [0, 0.1) is 0 Å². The summed E-state index contributed by atoms with van der Waals surface area (Å²) in [5.41, 5.74) is 3.09. The van der Waals surface area contributed by atoms with Gasteiger partial charge in [-0.1, -0.05) is 35.3 Å². The number of aromatic nitrogens is 1. The Kier molecular flexibility index (Phi) is 6.47. The summed E-state index contributed by atoms with van der Waals surface area (Å²) in [7, 11) is 0. The van der Waals surface area contributed by atoms with E-state index in [-0.39, 0.29) is 18.0 Å². The molecule has 2 aromatic heterocycles. The van der Waals surface area contributed by atoms with Gasteiger partial charge in [-0.05, 0) is 72.9 Å². The molecule has 2 unspecified atom stereocenters. The van der Waals surface area contributed by atoms with Crippen LogP contribution in [0.3, 0.4) is 0 Å². The Balaban J connectivity index is 1.57. The molecule has 9 heteroatoms. The zero-order valence-electron chi connectivity index (χ0n) is 18.5. The van der Waals surface area contributed by atoms with E-state index in [2.05, 4.69) is 15.6 Å². The third-order valence-electron chi connectivity index (χ3n) is 5.70. The van der Waals surface area contributed by atoms with Gasteiger partial charge in [-0.15, -0.1) is 0 Å². The monoisotopic (exact) mass is 522 g/mol. The standard InChI is InChI=1S/C26H20Cl2N4O2S/c1-15(33)30-16-8-10-17(11-9-16)32-25(24(31-26(32)35)20-7-2-3-14-29-20)22-13-12-21(34-22)18-5-4-6-19(27)23(18)28/h2-14,24-25H,1H3,(H,30,33)(H,31,35). The molecule has 0 radical (unpaired) electrons. The molecule has 6 nitrogen and oxygen atoms in total. The molecule has 1 aliphatic heterocycles. The van der Waals surface area contributed by atoms with Crippen molar-refractivity contribution in [1.82, 2.24) is 10.3 Å². The van der Waals surface area contributed by atoms with Crippen molar-refractivity contribution in [2.45, 2.75) is 19.0 Å². The highest BCUT2D eigenvalue weighted by atomic mass is 35.5. The van der Waals surface area contributed by atoms with Gasteiger partial charge in [0.1, 0.15) is 17.6 Å². The molecule has 1 amide bonds. The Labute approximate surface area is 217 Å². The first kappa shape index (κ1) is 23.4. The first-order valence-corrected chi connectivity index (χ1v) is 12.0. The fraction of sp³-hybridized carbons (Fsp3) is 0.115. The molecule has 0 saturated carbocycles. The molecule has 2 aromatic carbocycles. The van der Waals surface area contributed by atoms with Gasteiger partial charge >= 0.3 is 0 Å². The molecule has 1 saturated heterocycles. The van der Waals surface area contributed by atoms with Crippen molar-refractivity contribution >= 4 is 57.8 Å². The van der Waals surface area contributed by atoms with Crippen LogP contribution in [-0.2, 0) is 4.79 Å². The summed E-state index contributed by atoms with van der Waals surface area (Å²) in [4.78, 5) is 18.0. The molecule has 0 bridgehead atoms. The number of nitrogens with zero attached hydrogens (tertiary/aromatic N) is 2. The summed E-state index contributed by atoms with van der Waals surface area (Å²) in [5.74, 6) is 1.16. The summed E-state index contributed by atoms with van der Waals surface area (Å²) < 4.78 is 6.35. The number of amides is 1. The Morgan fingerprint density at radius 2 is 1.86 bits per heavy atom. The lowest BCUT2D eigenvalue weighted by Crippen LogP contribution is -2.29. The van der Waals surface area contributed by atoms with Gasteiger partial charge in [0.2, 0.25) is 5.91 Å². The molecule has 0 spiro atoms. The van der Waals surface area contributed by atoms with Crippen molar-refractivity contribution in [3.05, 3.63) is 100 Å². The van der Waals surface area contributed by atoms with E-state index in [9.17, 15) is 4.79 Å². The number of furan rings is 1. The van der Waals surface area contributed by atoms with Crippen molar-refractivity contribution in [1.29, 1.82) is 0 Å². The van der Waals surface area contributed by atoms with Crippen molar-refractivity contribution in [2.75, 3.05) is 10.2 Å². The van der Waals surface area contributed by atoms with Crippen LogP contribution >= 0.6 is 35.4 Å². The molecule has 5 rings (SSSR count). The van der Waals surface area contributed by atoms with E-state index in [1.165, 1.54) is 6.92 Å². The lowest BCUT2D eigenvalue weighted by atomic mass is 10.0. The van der Waals surface area contributed by atoms with Gasteiger partial charge in [0.25, 0.3) is 0 Å². The average molecular weight is 523 g/mol. The van der Waals surface area contributed by atoms with Crippen LogP contribution in [0.1, 0.15) is 30.5 Å². The minimum Gasteiger partial charge on any atom is -0.459 e. The van der Waals surface area contributed by atoms with E-state index < -0.39 is 0 Å². The number of carbonyl (C=O) groups is 1. The van der Waals surface area contributed by atoms with Crippen LogP contribution in [0.2, 0.25) is 10.0 Å². The molecular weight excluding hydrogens is 503 g/mol. The molecule has 1 fully saturated rings. The summed E-state index contributed by atoms with van der Waals surface area (Å²) in [6, 6.07) is 21.9. The van der Waals surface area contributed by atoms with Crippen molar-refractivity contribution in [2.24, 2.45) is 0 Å². The maximum absolute atomic E-state index is 11.4. The number of thiocarbonyl (C=S) groups is 1. The normalized spacial score (nSPS) is 17.3. The van der Waals surface area contributed by atoms with Crippen LogP contribution in [0.15, 0.2) is 83.4 Å². The molecule has 3 heterocycles. The second-order valence-electron chi connectivity index (χ2n) is 8.03. The lowest BCUT2D eigenvalue weighted by molar-refractivity contribution is -0.114. The van der Waals surface area contributed by atoms with E-state index in [1.54, 1.807) is 12.3 Å². The average Bonchev–Trinajstić information content (AvgIpc) is 3.46. The number of pyridine rings is 1. The number of benzene rings is 2. The smallest absolute Gasteiger partial charge is 0.221 e. The number of nitrogens with one attached hydrogen (secondary N) is 2. The highest BCUT2D eigenvalue weighted by molar-refractivity contribution is 7.80. The molecule has 4 aromatic rings. The van der Waals surface area contributed by atoms with Crippen LogP contribution in [-0.4, -0.2) is 16.0 Å². The zero-order valence-corrected chi connectivity index (χ0v) is 20.9. The second-order valence-corrected chi connectivity index (χ2v) is 9.20. The second kappa shape index (κ2) is 9.70. The largest absolute Gasteiger partial charge is 0.459 e. The number of anilines is 2. The Morgan fingerprint density at radius 3 is 2.57 bits per heavy atom. The van der Waals surface area contributed by atoms with Gasteiger partial charge in [0.05, 0.1) is 21.8 Å². The molecule has 2 N–H and O–H groups in total. The van der Waals surface area contributed by atoms with Crippen molar-refractivity contribution < 1.29 is 9.21 Å². The minimum absolute atomic E-state index is 0.132. The molecule has 1 aliphatic rings. The van der Waals surface area contributed by atoms with E-state index in [4.69, 9.17) is 39.8 Å². The van der Waals surface area contributed by atoms with E-state index >= 15 is 0 Å². The predicted octanol–water partition coefficient (Wildman–Crippen LogP) is 6.78. The summed E-state index contributed by atoms with van der Waals surface area (Å²) in [6.45, 7) is 1.47. The number of rotatable bonds is 5. The highest BCUT2D eigenvalue weighted by Gasteiger charge is 2.42. The van der Waals surface area contributed by atoms with E-state index in [0.717, 1.165) is 11.4 Å². The summed E-state index contributed by atoms with van der Waals surface area (Å²) in [6.07, 6.45) is 1.75.